The van der Waals surface area contributed by atoms with E-state index in [1.165, 1.54) is 0 Å². The molecule has 1 aliphatic heterocycles. The first kappa shape index (κ1) is 10.6. The van der Waals surface area contributed by atoms with Gasteiger partial charge in [-0.3, -0.25) is 4.68 Å². The van der Waals surface area contributed by atoms with Crippen LogP contribution in [0.5, 0.6) is 0 Å². The van der Waals surface area contributed by atoms with Gasteiger partial charge < -0.3 is 14.6 Å². The lowest BCUT2D eigenvalue weighted by atomic mass is 10.3. The molecule has 1 aromatic heterocycles. The van der Waals surface area contributed by atoms with Crippen LogP contribution in [0.15, 0.2) is 12.4 Å². The number of aryl methyl sites for hydroxylation is 1. The molecule has 0 unspecified atom stereocenters. The summed E-state index contributed by atoms with van der Waals surface area (Å²) in [6, 6.07) is 0. The molecular weight excluding hydrogens is 196 g/mol. The van der Waals surface area contributed by atoms with Crippen molar-refractivity contribution < 1.29 is 14.6 Å². The van der Waals surface area contributed by atoms with Gasteiger partial charge in [-0.2, -0.15) is 5.10 Å². The van der Waals surface area contributed by atoms with Crippen LogP contribution in [0.3, 0.4) is 0 Å². The van der Waals surface area contributed by atoms with Crippen LogP contribution in [0, 0.1) is 0 Å². The van der Waals surface area contributed by atoms with Crippen LogP contribution in [-0.2, 0) is 22.6 Å². The average Bonchev–Trinajstić information content (AvgIpc) is 2.88. The van der Waals surface area contributed by atoms with Gasteiger partial charge in [0.2, 0.25) is 0 Å². The van der Waals surface area contributed by atoms with Crippen molar-refractivity contribution in [2.45, 2.75) is 32.3 Å². The Hall–Kier alpha value is -0.910. The maximum atomic E-state index is 8.86. The largest absolute Gasteiger partial charge is 0.392 e. The third kappa shape index (κ3) is 3.02. The molecule has 1 saturated heterocycles. The molecule has 5 heteroatoms. The predicted molar refractivity (Wildman–Crippen MR) is 53.1 cm³/mol. The maximum absolute atomic E-state index is 8.86. The molecule has 0 bridgehead atoms. The Labute approximate surface area is 88.6 Å². The van der Waals surface area contributed by atoms with E-state index in [0.29, 0.717) is 13.2 Å². The van der Waals surface area contributed by atoms with Crippen LogP contribution < -0.4 is 0 Å². The molecule has 0 aliphatic carbocycles. The van der Waals surface area contributed by atoms with Gasteiger partial charge in [0.25, 0.3) is 0 Å². The van der Waals surface area contributed by atoms with Crippen LogP contribution in [0.4, 0.5) is 0 Å². The summed E-state index contributed by atoms with van der Waals surface area (Å²) in [6.07, 6.45) is 5.38. The molecule has 1 N–H and O–H groups in total. The molecule has 1 aliphatic rings. The molecule has 2 rings (SSSR count). The van der Waals surface area contributed by atoms with Crippen LogP contribution >= 0.6 is 0 Å². The van der Waals surface area contributed by atoms with Crippen molar-refractivity contribution in [2.75, 3.05) is 13.2 Å². The summed E-state index contributed by atoms with van der Waals surface area (Å²) in [7, 11) is 0. The van der Waals surface area contributed by atoms with E-state index in [1.54, 1.807) is 6.20 Å². The number of aromatic nitrogens is 2. The van der Waals surface area contributed by atoms with Crippen molar-refractivity contribution in [1.29, 1.82) is 0 Å². The van der Waals surface area contributed by atoms with Gasteiger partial charge >= 0.3 is 0 Å². The zero-order valence-electron chi connectivity index (χ0n) is 8.63. The molecule has 0 spiro atoms. The third-order valence-corrected chi connectivity index (χ3v) is 2.39. The quantitative estimate of drug-likeness (QED) is 0.773. The molecule has 0 saturated carbocycles. The van der Waals surface area contributed by atoms with Gasteiger partial charge in [-0.05, 0) is 6.42 Å². The highest BCUT2D eigenvalue weighted by Gasteiger charge is 2.14. The third-order valence-electron chi connectivity index (χ3n) is 2.39. The van der Waals surface area contributed by atoms with E-state index in [2.05, 4.69) is 5.10 Å². The van der Waals surface area contributed by atoms with E-state index in [9.17, 15) is 0 Å². The number of aliphatic hydroxyl groups excluding tert-OH is 1. The Morgan fingerprint density at radius 2 is 2.27 bits per heavy atom. The average molecular weight is 212 g/mol. The van der Waals surface area contributed by atoms with Crippen molar-refractivity contribution in [2.24, 2.45) is 0 Å². The number of hydrogen-bond donors (Lipinski definition) is 1. The standard InChI is InChI=1S/C10H16N2O3/c13-8-9-6-11-12(7-9)3-1-2-10-14-4-5-15-10/h6-7,10,13H,1-5,8H2. The minimum Gasteiger partial charge on any atom is -0.392 e. The van der Waals surface area contributed by atoms with Crippen molar-refractivity contribution in [1.82, 2.24) is 9.78 Å². The molecule has 1 aromatic rings. The Balaban J connectivity index is 1.68. The summed E-state index contributed by atoms with van der Waals surface area (Å²) in [6.45, 7) is 2.31. The van der Waals surface area contributed by atoms with Gasteiger partial charge in [0, 0.05) is 24.7 Å². The lowest BCUT2D eigenvalue weighted by Crippen LogP contribution is -2.09. The highest BCUT2D eigenvalue weighted by atomic mass is 16.7. The summed E-state index contributed by atoms with van der Waals surface area (Å²) in [5.74, 6) is 0. The van der Waals surface area contributed by atoms with Crippen molar-refractivity contribution >= 4 is 0 Å². The smallest absolute Gasteiger partial charge is 0.157 e. The zero-order chi connectivity index (χ0) is 10.5. The first-order valence-electron chi connectivity index (χ1n) is 5.24. The minimum atomic E-state index is -0.0297. The van der Waals surface area contributed by atoms with E-state index < -0.39 is 0 Å². The Bertz CT molecular complexity index is 295. The van der Waals surface area contributed by atoms with Crippen LogP contribution in [0.2, 0.25) is 0 Å². The van der Waals surface area contributed by atoms with E-state index in [4.69, 9.17) is 14.6 Å². The fourth-order valence-electron chi connectivity index (χ4n) is 1.60. The van der Waals surface area contributed by atoms with Crippen LogP contribution in [-0.4, -0.2) is 34.4 Å². The lowest BCUT2D eigenvalue weighted by molar-refractivity contribution is -0.0483. The van der Waals surface area contributed by atoms with E-state index in [-0.39, 0.29) is 12.9 Å². The molecule has 0 amide bonds. The Morgan fingerprint density at radius 1 is 1.47 bits per heavy atom. The highest BCUT2D eigenvalue weighted by molar-refractivity contribution is 5.01. The normalized spacial score (nSPS) is 17.4. The fraction of sp³-hybridized carbons (Fsp3) is 0.700. The molecule has 1 fully saturated rings. The SMILES string of the molecule is OCc1cnn(CCCC2OCCO2)c1. The molecule has 5 nitrogen and oxygen atoms in total. The van der Waals surface area contributed by atoms with Crippen molar-refractivity contribution in [3.63, 3.8) is 0 Å². The Morgan fingerprint density at radius 3 is 2.93 bits per heavy atom. The minimum absolute atomic E-state index is 0.0297. The summed E-state index contributed by atoms with van der Waals surface area (Å²) >= 11 is 0. The zero-order valence-corrected chi connectivity index (χ0v) is 8.63. The Kier molecular flexibility index (Phi) is 3.71. The van der Waals surface area contributed by atoms with Crippen LogP contribution in [0.1, 0.15) is 18.4 Å². The van der Waals surface area contributed by atoms with Gasteiger partial charge in [-0.25, -0.2) is 0 Å². The molecule has 0 atom stereocenters. The number of ether oxygens (including phenoxy) is 2. The van der Waals surface area contributed by atoms with E-state index >= 15 is 0 Å². The molecule has 84 valence electrons. The number of rotatable bonds is 5. The van der Waals surface area contributed by atoms with E-state index in [0.717, 1.165) is 24.9 Å². The fourth-order valence-corrected chi connectivity index (χ4v) is 1.60. The van der Waals surface area contributed by atoms with Gasteiger partial charge in [-0.1, -0.05) is 0 Å². The number of aliphatic hydroxyl groups is 1. The van der Waals surface area contributed by atoms with Crippen LogP contribution in [0.25, 0.3) is 0 Å². The van der Waals surface area contributed by atoms with E-state index in [1.807, 2.05) is 10.9 Å². The molecule has 15 heavy (non-hydrogen) atoms. The summed E-state index contributed by atoms with van der Waals surface area (Å²) < 4.78 is 12.5. The molecule has 2 heterocycles. The number of nitrogens with zero attached hydrogens (tertiary/aromatic N) is 2. The van der Waals surface area contributed by atoms with Gasteiger partial charge in [0.15, 0.2) is 6.29 Å². The maximum Gasteiger partial charge on any atom is 0.157 e. The van der Waals surface area contributed by atoms with Gasteiger partial charge in [0.1, 0.15) is 0 Å². The molecule has 0 radical (unpaired) electrons. The van der Waals surface area contributed by atoms with Crippen molar-refractivity contribution in [3.8, 4) is 0 Å². The van der Waals surface area contributed by atoms with Gasteiger partial charge in [-0.15, -0.1) is 0 Å². The first-order chi connectivity index (χ1) is 7.38. The second kappa shape index (κ2) is 5.25. The predicted octanol–water partition coefficient (Wildman–Crippen LogP) is 0.528. The second-order valence-electron chi connectivity index (χ2n) is 3.58. The van der Waals surface area contributed by atoms with Gasteiger partial charge in [0.05, 0.1) is 26.0 Å². The first-order valence-corrected chi connectivity index (χ1v) is 5.24. The summed E-state index contributed by atoms with van der Waals surface area (Å²) in [5.41, 5.74) is 0.850. The highest BCUT2D eigenvalue weighted by Crippen LogP contribution is 2.10. The monoisotopic (exact) mass is 212 g/mol. The summed E-state index contributed by atoms with van der Waals surface area (Å²) in [5, 5.41) is 13.0. The topological polar surface area (TPSA) is 56.5 Å². The van der Waals surface area contributed by atoms with Crippen molar-refractivity contribution in [3.05, 3.63) is 18.0 Å². The molecule has 0 aromatic carbocycles. The molecular formula is C10H16N2O3. The lowest BCUT2D eigenvalue weighted by Gasteiger charge is -2.08. The number of hydrogen-bond acceptors (Lipinski definition) is 4. The second-order valence-corrected chi connectivity index (χ2v) is 3.58. The summed E-state index contributed by atoms with van der Waals surface area (Å²) in [4.78, 5) is 0.